The van der Waals surface area contributed by atoms with Gasteiger partial charge in [0, 0.05) is 27.7 Å². The lowest BCUT2D eigenvalue weighted by molar-refractivity contribution is -0.115. The molecule has 0 atom stereocenters. The Hall–Kier alpha value is -3.19. The van der Waals surface area contributed by atoms with Gasteiger partial charge in [0.05, 0.1) is 18.7 Å². The van der Waals surface area contributed by atoms with Gasteiger partial charge < -0.3 is 15.4 Å². The maximum atomic E-state index is 12.4. The largest absolute Gasteiger partial charge is 0.494 e. The zero-order chi connectivity index (χ0) is 22.4. The summed E-state index contributed by atoms with van der Waals surface area (Å²) in [6.45, 7) is 8.37. The number of carbonyl (C=O) groups is 2. The van der Waals surface area contributed by atoms with E-state index in [1.807, 2.05) is 57.3 Å². The Morgan fingerprint density at radius 3 is 2.32 bits per heavy atom. The standard InChI is InChI=1S/C24H27N3O3S/c1-5-30-20-12-8-17(9-13-20)23-26-19(15-31-23)14-21(28)25-18-10-6-16(7-11-18)22(29)27-24(2,3)4/h6-13,15H,5,14H2,1-4H3,(H,25,28)(H,27,29). The minimum absolute atomic E-state index is 0.144. The van der Waals surface area contributed by atoms with Gasteiger partial charge in [-0.2, -0.15) is 0 Å². The molecule has 0 bridgehead atoms. The molecular weight excluding hydrogens is 410 g/mol. The molecule has 0 spiro atoms. The Balaban J connectivity index is 1.57. The zero-order valence-electron chi connectivity index (χ0n) is 18.2. The van der Waals surface area contributed by atoms with Crippen LogP contribution in [-0.4, -0.2) is 28.9 Å². The molecule has 1 aromatic heterocycles. The third-order valence-corrected chi connectivity index (χ3v) is 5.17. The minimum atomic E-state index is -0.304. The quantitative estimate of drug-likeness (QED) is 0.550. The summed E-state index contributed by atoms with van der Waals surface area (Å²) in [7, 11) is 0. The maximum absolute atomic E-state index is 12.4. The van der Waals surface area contributed by atoms with Crippen molar-refractivity contribution in [3.05, 3.63) is 65.2 Å². The monoisotopic (exact) mass is 437 g/mol. The Morgan fingerprint density at radius 2 is 1.71 bits per heavy atom. The zero-order valence-corrected chi connectivity index (χ0v) is 19.0. The lowest BCUT2D eigenvalue weighted by Gasteiger charge is -2.20. The highest BCUT2D eigenvalue weighted by molar-refractivity contribution is 7.13. The van der Waals surface area contributed by atoms with Gasteiger partial charge in [0.1, 0.15) is 10.8 Å². The topological polar surface area (TPSA) is 80.3 Å². The van der Waals surface area contributed by atoms with Gasteiger partial charge in [-0.3, -0.25) is 9.59 Å². The molecule has 0 saturated carbocycles. The van der Waals surface area contributed by atoms with E-state index in [2.05, 4.69) is 15.6 Å². The third kappa shape index (κ3) is 6.65. The number of anilines is 1. The van der Waals surface area contributed by atoms with Crippen LogP contribution >= 0.6 is 11.3 Å². The van der Waals surface area contributed by atoms with Crippen LogP contribution in [-0.2, 0) is 11.2 Å². The molecule has 0 fully saturated rings. The normalized spacial score (nSPS) is 11.1. The van der Waals surface area contributed by atoms with Gasteiger partial charge in [-0.1, -0.05) is 0 Å². The van der Waals surface area contributed by atoms with E-state index in [0.29, 0.717) is 23.6 Å². The highest BCUT2D eigenvalue weighted by Gasteiger charge is 2.15. The number of ether oxygens (including phenoxy) is 1. The number of benzene rings is 2. The fraction of sp³-hybridized carbons (Fsp3) is 0.292. The highest BCUT2D eigenvalue weighted by atomic mass is 32.1. The molecule has 0 saturated heterocycles. The van der Waals surface area contributed by atoms with E-state index in [0.717, 1.165) is 16.3 Å². The Labute approximate surface area is 186 Å². The Morgan fingerprint density at radius 1 is 1.03 bits per heavy atom. The van der Waals surface area contributed by atoms with Crippen molar-refractivity contribution >= 4 is 28.8 Å². The summed E-state index contributed by atoms with van der Waals surface area (Å²) in [6, 6.07) is 14.6. The summed E-state index contributed by atoms with van der Waals surface area (Å²) in [5, 5.41) is 8.52. The molecule has 162 valence electrons. The van der Waals surface area contributed by atoms with Crippen LogP contribution in [0.15, 0.2) is 53.9 Å². The van der Waals surface area contributed by atoms with Crippen molar-refractivity contribution < 1.29 is 14.3 Å². The van der Waals surface area contributed by atoms with Crippen LogP contribution in [0.2, 0.25) is 0 Å². The second-order valence-corrected chi connectivity index (χ2v) is 8.97. The van der Waals surface area contributed by atoms with E-state index in [4.69, 9.17) is 4.74 Å². The van der Waals surface area contributed by atoms with Crippen molar-refractivity contribution in [2.45, 2.75) is 39.7 Å². The van der Waals surface area contributed by atoms with Gasteiger partial charge in [0.15, 0.2) is 0 Å². The number of hydrogen-bond acceptors (Lipinski definition) is 5. The molecule has 0 aliphatic rings. The van der Waals surface area contributed by atoms with Gasteiger partial charge in [-0.25, -0.2) is 4.98 Å². The Bertz CT molecular complexity index is 1040. The number of nitrogens with zero attached hydrogens (tertiary/aromatic N) is 1. The molecule has 3 rings (SSSR count). The molecule has 0 aliphatic heterocycles. The lowest BCUT2D eigenvalue weighted by Crippen LogP contribution is -2.40. The van der Waals surface area contributed by atoms with E-state index in [-0.39, 0.29) is 23.8 Å². The molecule has 6 nitrogen and oxygen atoms in total. The molecule has 2 aromatic carbocycles. The first kappa shape index (κ1) is 22.5. The molecule has 3 aromatic rings. The molecule has 1 heterocycles. The summed E-state index contributed by atoms with van der Waals surface area (Å²) >= 11 is 1.50. The summed E-state index contributed by atoms with van der Waals surface area (Å²) in [5.74, 6) is 0.523. The van der Waals surface area contributed by atoms with Gasteiger partial charge in [0.2, 0.25) is 5.91 Å². The minimum Gasteiger partial charge on any atom is -0.494 e. The Kier molecular flexibility index (Phi) is 7.07. The van der Waals surface area contributed by atoms with E-state index in [1.165, 1.54) is 11.3 Å². The van der Waals surface area contributed by atoms with Crippen molar-refractivity contribution in [3.8, 4) is 16.3 Å². The van der Waals surface area contributed by atoms with Crippen LogP contribution in [0.5, 0.6) is 5.75 Å². The molecule has 7 heteroatoms. The highest BCUT2D eigenvalue weighted by Crippen LogP contribution is 2.26. The molecule has 0 aliphatic carbocycles. The SMILES string of the molecule is CCOc1ccc(-c2nc(CC(=O)Nc3ccc(C(=O)NC(C)(C)C)cc3)cs2)cc1. The summed E-state index contributed by atoms with van der Waals surface area (Å²) < 4.78 is 5.46. The predicted octanol–water partition coefficient (Wildman–Crippen LogP) is 4.92. The average molecular weight is 438 g/mol. The molecule has 0 radical (unpaired) electrons. The van der Waals surface area contributed by atoms with Crippen LogP contribution in [0.3, 0.4) is 0 Å². The number of nitrogens with one attached hydrogen (secondary N) is 2. The number of thiazole rings is 1. The number of amides is 2. The van der Waals surface area contributed by atoms with Crippen molar-refractivity contribution in [1.29, 1.82) is 0 Å². The molecule has 2 N–H and O–H groups in total. The molecule has 31 heavy (non-hydrogen) atoms. The van der Waals surface area contributed by atoms with Crippen molar-refractivity contribution in [2.75, 3.05) is 11.9 Å². The second kappa shape index (κ2) is 9.75. The summed E-state index contributed by atoms with van der Waals surface area (Å²) in [5.41, 5.74) is 2.59. The van der Waals surface area contributed by atoms with Crippen LogP contribution in [0.25, 0.3) is 10.6 Å². The van der Waals surface area contributed by atoms with E-state index in [1.54, 1.807) is 24.3 Å². The fourth-order valence-corrected chi connectivity index (χ4v) is 3.69. The number of hydrogen-bond donors (Lipinski definition) is 2. The third-order valence-electron chi connectivity index (χ3n) is 4.23. The second-order valence-electron chi connectivity index (χ2n) is 8.11. The maximum Gasteiger partial charge on any atom is 0.251 e. The van der Waals surface area contributed by atoms with Crippen molar-refractivity contribution in [1.82, 2.24) is 10.3 Å². The van der Waals surface area contributed by atoms with Crippen molar-refractivity contribution in [3.63, 3.8) is 0 Å². The predicted molar refractivity (Wildman–Crippen MR) is 125 cm³/mol. The van der Waals surface area contributed by atoms with Gasteiger partial charge in [-0.15, -0.1) is 11.3 Å². The molecular formula is C24H27N3O3S. The van der Waals surface area contributed by atoms with Crippen LogP contribution in [0.4, 0.5) is 5.69 Å². The first-order valence-corrected chi connectivity index (χ1v) is 11.0. The first-order chi connectivity index (χ1) is 14.7. The van der Waals surface area contributed by atoms with Crippen LogP contribution in [0.1, 0.15) is 43.7 Å². The molecule has 0 unspecified atom stereocenters. The molecule has 2 amide bonds. The van der Waals surface area contributed by atoms with Gasteiger partial charge in [0.25, 0.3) is 5.91 Å². The first-order valence-electron chi connectivity index (χ1n) is 10.1. The van der Waals surface area contributed by atoms with E-state index in [9.17, 15) is 9.59 Å². The summed E-state index contributed by atoms with van der Waals surface area (Å²) in [6.07, 6.45) is 0.180. The van der Waals surface area contributed by atoms with Crippen LogP contribution < -0.4 is 15.4 Å². The fourth-order valence-electron chi connectivity index (χ4n) is 2.87. The van der Waals surface area contributed by atoms with Gasteiger partial charge in [-0.05, 0) is 76.2 Å². The lowest BCUT2D eigenvalue weighted by atomic mass is 10.1. The van der Waals surface area contributed by atoms with Crippen molar-refractivity contribution in [2.24, 2.45) is 0 Å². The average Bonchev–Trinajstić information content (AvgIpc) is 3.16. The van der Waals surface area contributed by atoms with Crippen LogP contribution in [0, 0.1) is 0 Å². The number of carbonyl (C=O) groups excluding carboxylic acids is 2. The van der Waals surface area contributed by atoms with E-state index >= 15 is 0 Å². The van der Waals surface area contributed by atoms with Gasteiger partial charge >= 0.3 is 0 Å². The number of aromatic nitrogens is 1. The van der Waals surface area contributed by atoms with E-state index < -0.39 is 0 Å². The smallest absolute Gasteiger partial charge is 0.251 e. The number of rotatable bonds is 7. The summed E-state index contributed by atoms with van der Waals surface area (Å²) in [4.78, 5) is 29.2.